The average molecular weight is 156 g/mol. The number of rotatable bonds is 4. The van der Waals surface area contributed by atoms with Gasteiger partial charge in [0.2, 0.25) is 0 Å². The van der Waals surface area contributed by atoms with Crippen LogP contribution in [-0.4, -0.2) is 18.6 Å². The highest BCUT2D eigenvalue weighted by molar-refractivity contribution is 4.85. The summed E-state index contributed by atoms with van der Waals surface area (Å²) < 4.78 is 0. The van der Waals surface area contributed by atoms with Crippen LogP contribution in [0.1, 0.15) is 39.0 Å². The highest BCUT2D eigenvalue weighted by atomic mass is 15.0. The molecule has 3 N–H and O–H groups in total. The second-order valence-corrected chi connectivity index (χ2v) is 3.51. The second-order valence-electron chi connectivity index (χ2n) is 3.51. The molecule has 0 amide bonds. The van der Waals surface area contributed by atoms with E-state index >= 15 is 0 Å². The van der Waals surface area contributed by atoms with Crippen LogP contribution in [0, 0.1) is 0 Å². The van der Waals surface area contributed by atoms with Gasteiger partial charge in [-0.05, 0) is 25.8 Å². The molecule has 0 aromatic heterocycles. The number of unbranched alkanes of at least 4 members (excludes halogenated alkanes) is 1. The van der Waals surface area contributed by atoms with Gasteiger partial charge in [-0.3, -0.25) is 0 Å². The lowest BCUT2D eigenvalue weighted by atomic mass is 10.2. The average Bonchev–Trinajstić information content (AvgIpc) is 2.37. The lowest BCUT2D eigenvalue weighted by Gasteiger charge is -2.16. The van der Waals surface area contributed by atoms with E-state index in [1.807, 2.05) is 0 Å². The molecule has 1 saturated carbocycles. The zero-order chi connectivity index (χ0) is 8.10. The zero-order valence-electron chi connectivity index (χ0n) is 7.47. The molecule has 2 atom stereocenters. The number of hydrogen-bond donors (Lipinski definition) is 2. The monoisotopic (exact) mass is 156 g/mol. The maximum atomic E-state index is 5.90. The van der Waals surface area contributed by atoms with E-state index in [0.717, 1.165) is 6.54 Å². The summed E-state index contributed by atoms with van der Waals surface area (Å²) in [4.78, 5) is 0. The largest absolute Gasteiger partial charge is 0.326 e. The van der Waals surface area contributed by atoms with Crippen molar-refractivity contribution < 1.29 is 0 Å². The van der Waals surface area contributed by atoms with Crippen molar-refractivity contribution >= 4 is 0 Å². The molecular weight excluding hydrogens is 136 g/mol. The lowest BCUT2D eigenvalue weighted by Crippen LogP contribution is -2.41. The van der Waals surface area contributed by atoms with Gasteiger partial charge in [-0.2, -0.15) is 0 Å². The Bertz CT molecular complexity index is 104. The van der Waals surface area contributed by atoms with Gasteiger partial charge in [0, 0.05) is 12.1 Å². The van der Waals surface area contributed by atoms with Crippen molar-refractivity contribution in [1.29, 1.82) is 0 Å². The van der Waals surface area contributed by atoms with Crippen LogP contribution in [0.2, 0.25) is 0 Å². The summed E-state index contributed by atoms with van der Waals surface area (Å²) in [5.41, 5.74) is 5.90. The second kappa shape index (κ2) is 4.73. The van der Waals surface area contributed by atoms with Crippen LogP contribution in [0.25, 0.3) is 0 Å². The van der Waals surface area contributed by atoms with E-state index in [-0.39, 0.29) is 0 Å². The smallest absolute Gasteiger partial charge is 0.0219 e. The Balaban J connectivity index is 2.05. The van der Waals surface area contributed by atoms with Gasteiger partial charge in [-0.15, -0.1) is 0 Å². The Labute approximate surface area is 69.5 Å². The van der Waals surface area contributed by atoms with Crippen LogP contribution < -0.4 is 11.1 Å². The highest BCUT2D eigenvalue weighted by Crippen LogP contribution is 2.16. The van der Waals surface area contributed by atoms with Crippen LogP contribution in [-0.2, 0) is 0 Å². The van der Waals surface area contributed by atoms with Crippen molar-refractivity contribution in [3.8, 4) is 0 Å². The normalized spacial score (nSPS) is 31.1. The molecule has 66 valence electrons. The van der Waals surface area contributed by atoms with Gasteiger partial charge in [0.05, 0.1) is 0 Å². The molecular formula is C9H20N2. The van der Waals surface area contributed by atoms with E-state index in [0.29, 0.717) is 12.1 Å². The first kappa shape index (κ1) is 9.01. The van der Waals surface area contributed by atoms with Gasteiger partial charge in [0.1, 0.15) is 0 Å². The van der Waals surface area contributed by atoms with E-state index in [4.69, 9.17) is 5.73 Å². The van der Waals surface area contributed by atoms with Crippen LogP contribution in [0.5, 0.6) is 0 Å². The molecule has 0 radical (unpaired) electrons. The Morgan fingerprint density at radius 3 is 2.82 bits per heavy atom. The molecule has 1 aliphatic carbocycles. The van der Waals surface area contributed by atoms with Crippen LogP contribution in [0.4, 0.5) is 0 Å². The minimum absolute atomic E-state index is 0.423. The Morgan fingerprint density at radius 1 is 1.45 bits per heavy atom. The SMILES string of the molecule is CCCCN[C@H]1CCC[C@@H]1N. The van der Waals surface area contributed by atoms with Crippen molar-refractivity contribution in [2.24, 2.45) is 5.73 Å². The topological polar surface area (TPSA) is 38.0 Å². The van der Waals surface area contributed by atoms with Crippen molar-refractivity contribution in [3.63, 3.8) is 0 Å². The molecule has 11 heavy (non-hydrogen) atoms. The number of hydrogen-bond acceptors (Lipinski definition) is 2. The van der Waals surface area contributed by atoms with Crippen molar-refractivity contribution in [1.82, 2.24) is 5.32 Å². The Morgan fingerprint density at radius 2 is 2.27 bits per heavy atom. The van der Waals surface area contributed by atoms with Crippen LogP contribution in [0.15, 0.2) is 0 Å². The molecule has 1 fully saturated rings. The van der Waals surface area contributed by atoms with Crippen LogP contribution >= 0.6 is 0 Å². The van der Waals surface area contributed by atoms with E-state index in [1.54, 1.807) is 0 Å². The molecule has 0 unspecified atom stereocenters. The fraction of sp³-hybridized carbons (Fsp3) is 1.00. The van der Waals surface area contributed by atoms with Gasteiger partial charge in [-0.1, -0.05) is 19.8 Å². The number of nitrogens with two attached hydrogens (primary N) is 1. The lowest BCUT2D eigenvalue weighted by molar-refractivity contribution is 0.469. The Hall–Kier alpha value is -0.0800. The quantitative estimate of drug-likeness (QED) is 0.601. The third-order valence-electron chi connectivity index (χ3n) is 2.51. The summed E-state index contributed by atoms with van der Waals surface area (Å²) in [5, 5.41) is 3.51. The molecule has 0 bridgehead atoms. The minimum Gasteiger partial charge on any atom is -0.326 e. The maximum absolute atomic E-state index is 5.90. The summed E-state index contributed by atoms with van der Waals surface area (Å²) in [7, 11) is 0. The summed E-state index contributed by atoms with van der Waals surface area (Å²) in [6.45, 7) is 3.37. The predicted molar refractivity (Wildman–Crippen MR) is 48.5 cm³/mol. The van der Waals surface area contributed by atoms with E-state index < -0.39 is 0 Å². The first-order valence-electron chi connectivity index (χ1n) is 4.83. The van der Waals surface area contributed by atoms with Crippen molar-refractivity contribution in [2.45, 2.75) is 51.1 Å². The molecule has 0 heterocycles. The summed E-state index contributed by atoms with van der Waals surface area (Å²) in [6.07, 6.45) is 6.36. The standard InChI is InChI=1S/C9H20N2/c1-2-3-7-11-9-6-4-5-8(9)10/h8-9,11H,2-7,10H2,1H3/t8-,9-/m0/s1. The summed E-state index contributed by atoms with van der Waals surface area (Å²) in [6, 6.07) is 1.04. The Kier molecular flexibility index (Phi) is 3.87. The molecule has 0 saturated heterocycles. The maximum Gasteiger partial charge on any atom is 0.0219 e. The fourth-order valence-corrected chi connectivity index (χ4v) is 1.71. The summed E-state index contributed by atoms with van der Waals surface area (Å²) in [5.74, 6) is 0. The van der Waals surface area contributed by atoms with Gasteiger partial charge >= 0.3 is 0 Å². The highest BCUT2D eigenvalue weighted by Gasteiger charge is 2.22. The van der Waals surface area contributed by atoms with Gasteiger partial charge in [0.15, 0.2) is 0 Å². The van der Waals surface area contributed by atoms with E-state index in [9.17, 15) is 0 Å². The third-order valence-corrected chi connectivity index (χ3v) is 2.51. The molecule has 0 spiro atoms. The number of nitrogens with one attached hydrogen (secondary N) is 1. The van der Waals surface area contributed by atoms with Crippen molar-refractivity contribution in [3.05, 3.63) is 0 Å². The predicted octanol–water partition coefficient (Wildman–Crippen LogP) is 1.26. The first-order chi connectivity index (χ1) is 5.34. The minimum atomic E-state index is 0.423. The third kappa shape index (κ3) is 2.80. The van der Waals surface area contributed by atoms with E-state index in [1.165, 1.54) is 32.1 Å². The molecule has 1 aliphatic rings. The molecule has 1 rings (SSSR count). The molecule has 0 aromatic carbocycles. The summed E-state index contributed by atoms with van der Waals surface area (Å²) >= 11 is 0. The zero-order valence-corrected chi connectivity index (χ0v) is 7.47. The van der Waals surface area contributed by atoms with Crippen LogP contribution in [0.3, 0.4) is 0 Å². The molecule has 0 aromatic rings. The van der Waals surface area contributed by atoms with Gasteiger partial charge in [-0.25, -0.2) is 0 Å². The molecule has 0 aliphatic heterocycles. The molecule has 2 heteroatoms. The van der Waals surface area contributed by atoms with Gasteiger partial charge < -0.3 is 11.1 Å². The molecule has 2 nitrogen and oxygen atoms in total. The van der Waals surface area contributed by atoms with Gasteiger partial charge in [0.25, 0.3) is 0 Å². The van der Waals surface area contributed by atoms with Crippen molar-refractivity contribution in [2.75, 3.05) is 6.54 Å². The first-order valence-corrected chi connectivity index (χ1v) is 4.83. The fourth-order valence-electron chi connectivity index (χ4n) is 1.71. The van der Waals surface area contributed by atoms with E-state index in [2.05, 4.69) is 12.2 Å².